The van der Waals surface area contributed by atoms with E-state index in [1.54, 1.807) is 31.2 Å². The van der Waals surface area contributed by atoms with Crippen molar-refractivity contribution in [3.8, 4) is 5.75 Å². The summed E-state index contributed by atoms with van der Waals surface area (Å²) in [6.07, 6.45) is 0.593. The minimum absolute atomic E-state index is 0.101. The Morgan fingerprint density at radius 2 is 1.68 bits per heavy atom. The SMILES string of the molecule is COc1ccc(S(=O)(=O)C2CCN(C(=O)CNS(=O)(=O)c3cccc(C)c3)CC2)cc1. The van der Waals surface area contributed by atoms with E-state index in [4.69, 9.17) is 4.74 Å². The third kappa shape index (κ3) is 5.44. The Morgan fingerprint density at radius 3 is 2.26 bits per heavy atom. The number of sulfone groups is 1. The zero-order valence-electron chi connectivity index (χ0n) is 17.4. The zero-order chi connectivity index (χ0) is 22.6. The number of hydrogen-bond acceptors (Lipinski definition) is 6. The molecule has 168 valence electrons. The van der Waals surface area contributed by atoms with E-state index in [9.17, 15) is 21.6 Å². The standard InChI is InChI=1S/C21H26N2O6S2/c1-16-4-3-5-20(14-16)31(27,28)22-15-21(24)23-12-10-19(11-13-23)30(25,26)18-8-6-17(29-2)7-9-18/h3-9,14,19,22H,10-13,15H2,1-2H3. The van der Waals surface area contributed by atoms with Crippen molar-refractivity contribution in [2.75, 3.05) is 26.7 Å². The largest absolute Gasteiger partial charge is 0.497 e. The van der Waals surface area contributed by atoms with Crippen LogP contribution in [0.15, 0.2) is 58.3 Å². The third-order valence-electron chi connectivity index (χ3n) is 5.33. The van der Waals surface area contributed by atoms with Crippen molar-refractivity contribution in [1.29, 1.82) is 0 Å². The summed E-state index contributed by atoms with van der Waals surface area (Å²) in [5.74, 6) is 0.198. The molecule has 1 heterocycles. The average Bonchev–Trinajstić information content (AvgIpc) is 2.77. The summed E-state index contributed by atoms with van der Waals surface area (Å²) in [7, 11) is -5.80. The van der Waals surface area contributed by atoms with E-state index in [2.05, 4.69) is 4.72 Å². The van der Waals surface area contributed by atoms with Gasteiger partial charge in [-0.3, -0.25) is 4.79 Å². The maximum absolute atomic E-state index is 12.9. The molecule has 1 aliphatic heterocycles. The first-order valence-electron chi connectivity index (χ1n) is 9.85. The summed E-state index contributed by atoms with van der Waals surface area (Å²) in [5, 5.41) is -0.589. The lowest BCUT2D eigenvalue weighted by molar-refractivity contribution is -0.130. The Labute approximate surface area is 183 Å². The minimum atomic E-state index is -3.80. The molecular weight excluding hydrogens is 440 g/mol. The van der Waals surface area contributed by atoms with Gasteiger partial charge in [0.15, 0.2) is 9.84 Å². The summed E-state index contributed by atoms with van der Waals surface area (Å²) in [5.41, 5.74) is 0.800. The normalized spacial score (nSPS) is 15.6. The number of carbonyl (C=O) groups excluding carboxylic acids is 1. The molecule has 1 amide bonds. The number of amides is 1. The molecule has 0 bridgehead atoms. The highest BCUT2D eigenvalue weighted by Gasteiger charge is 2.33. The van der Waals surface area contributed by atoms with E-state index in [0.29, 0.717) is 18.6 Å². The molecule has 0 aromatic heterocycles. The van der Waals surface area contributed by atoms with Crippen molar-refractivity contribution in [2.45, 2.75) is 34.8 Å². The second-order valence-electron chi connectivity index (χ2n) is 7.44. The molecule has 2 aromatic rings. The lowest BCUT2D eigenvalue weighted by Crippen LogP contribution is -2.46. The zero-order valence-corrected chi connectivity index (χ0v) is 19.1. The number of nitrogens with one attached hydrogen (secondary N) is 1. The quantitative estimate of drug-likeness (QED) is 0.666. The van der Waals surface area contributed by atoms with Crippen molar-refractivity contribution in [1.82, 2.24) is 9.62 Å². The number of nitrogens with zero attached hydrogens (tertiary/aromatic N) is 1. The van der Waals surface area contributed by atoms with Crippen LogP contribution in [0.3, 0.4) is 0 Å². The molecule has 2 aromatic carbocycles. The van der Waals surface area contributed by atoms with Crippen LogP contribution in [0.5, 0.6) is 5.75 Å². The van der Waals surface area contributed by atoms with E-state index in [-0.39, 0.29) is 35.3 Å². The van der Waals surface area contributed by atoms with Crippen LogP contribution in [0.4, 0.5) is 0 Å². The summed E-state index contributed by atoms with van der Waals surface area (Å²) >= 11 is 0. The van der Waals surface area contributed by atoms with Gasteiger partial charge < -0.3 is 9.64 Å². The molecule has 0 unspecified atom stereocenters. The number of carbonyl (C=O) groups is 1. The summed E-state index contributed by atoms with van der Waals surface area (Å²) in [4.78, 5) is 14.3. The van der Waals surface area contributed by atoms with Crippen LogP contribution in [0.25, 0.3) is 0 Å². The number of methoxy groups -OCH3 is 1. The van der Waals surface area contributed by atoms with Crippen LogP contribution < -0.4 is 9.46 Å². The monoisotopic (exact) mass is 466 g/mol. The number of benzene rings is 2. The second-order valence-corrected chi connectivity index (χ2v) is 11.4. The van der Waals surface area contributed by atoms with Gasteiger partial charge in [0.05, 0.1) is 28.7 Å². The predicted octanol–water partition coefficient (Wildman–Crippen LogP) is 1.75. The van der Waals surface area contributed by atoms with Gasteiger partial charge in [-0.25, -0.2) is 21.6 Å². The fourth-order valence-corrected chi connectivity index (χ4v) is 6.32. The molecule has 8 nitrogen and oxygen atoms in total. The molecule has 0 aliphatic carbocycles. The van der Waals surface area contributed by atoms with Crippen molar-refractivity contribution in [3.63, 3.8) is 0 Å². The van der Waals surface area contributed by atoms with Crippen molar-refractivity contribution < 1.29 is 26.4 Å². The molecule has 10 heteroatoms. The predicted molar refractivity (Wildman–Crippen MR) is 116 cm³/mol. The average molecular weight is 467 g/mol. The molecule has 1 fully saturated rings. The lowest BCUT2D eigenvalue weighted by atomic mass is 10.1. The van der Waals surface area contributed by atoms with Gasteiger partial charge in [-0.1, -0.05) is 12.1 Å². The minimum Gasteiger partial charge on any atom is -0.497 e. The Bertz CT molecular complexity index is 1140. The Hall–Kier alpha value is -2.43. The fourth-order valence-electron chi connectivity index (χ4n) is 3.51. The highest BCUT2D eigenvalue weighted by molar-refractivity contribution is 7.92. The molecule has 31 heavy (non-hydrogen) atoms. The van der Waals surface area contributed by atoms with Crippen LogP contribution >= 0.6 is 0 Å². The number of hydrogen-bond donors (Lipinski definition) is 1. The van der Waals surface area contributed by atoms with Gasteiger partial charge >= 0.3 is 0 Å². The van der Waals surface area contributed by atoms with Gasteiger partial charge in [0, 0.05) is 13.1 Å². The van der Waals surface area contributed by atoms with E-state index < -0.39 is 25.1 Å². The maximum Gasteiger partial charge on any atom is 0.241 e. The van der Waals surface area contributed by atoms with Crippen molar-refractivity contribution in [3.05, 3.63) is 54.1 Å². The number of rotatable bonds is 7. The number of likely N-dealkylation sites (tertiary alicyclic amines) is 1. The van der Waals surface area contributed by atoms with E-state index in [1.165, 1.54) is 36.3 Å². The first kappa shape index (κ1) is 23.2. The number of sulfonamides is 1. The Morgan fingerprint density at radius 1 is 1.03 bits per heavy atom. The molecular formula is C21H26N2O6S2. The molecule has 3 rings (SSSR count). The summed E-state index contributed by atoms with van der Waals surface area (Å²) < 4.78 is 57.9. The molecule has 1 aliphatic rings. The van der Waals surface area contributed by atoms with E-state index >= 15 is 0 Å². The van der Waals surface area contributed by atoms with Gasteiger partial charge in [0.1, 0.15) is 5.75 Å². The fraction of sp³-hybridized carbons (Fsp3) is 0.381. The maximum atomic E-state index is 12.9. The number of piperidine rings is 1. The van der Waals surface area contributed by atoms with Crippen molar-refractivity contribution >= 4 is 25.8 Å². The highest BCUT2D eigenvalue weighted by atomic mass is 32.2. The molecule has 0 spiro atoms. The number of aryl methyl sites for hydroxylation is 1. The lowest BCUT2D eigenvalue weighted by Gasteiger charge is -2.31. The van der Waals surface area contributed by atoms with Crippen LogP contribution in [0, 0.1) is 6.92 Å². The second kappa shape index (κ2) is 9.37. The van der Waals surface area contributed by atoms with Crippen LogP contribution in [-0.2, 0) is 24.7 Å². The third-order valence-corrected chi connectivity index (χ3v) is 9.01. The Balaban J connectivity index is 1.57. The molecule has 0 radical (unpaired) electrons. The van der Waals surface area contributed by atoms with E-state index in [1.807, 2.05) is 0 Å². The topological polar surface area (TPSA) is 110 Å². The smallest absolute Gasteiger partial charge is 0.241 e. The summed E-state index contributed by atoms with van der Waals surface area (Å²) in [6, 6.07) is 12.7. The molecule has 0 atom stereocenters. The molecule has 1 N–H and O–H groups in total. The summed E-state index contributed by atoms with van der Waals surface area (Å²) in [6.45, 7) is 1.93. The van der Waals surface area contributed by atoms with Gasteiger partial charge in [-0.15, -0.1) is 0 Å². The number of ether oxygens (including phenoxy) is 1. The molecule has 1 saturated heterocycles. The van der Waals surface area contributed by atoms with Gasteiger partial charge in [-0.2, -0.15) is 0 Å². The van der Waals surface area contributed by atoms with Gasteiger partial charge in [0.25, 0.3) is 0 Å². The molecule has 0 saturated carbocycles. The Kier molecular flexibility index (Phi) is 7.03. The van der Waals surface area contributed by atoms with Crippen LogP contribution in [0.2, 0.25) is 0 Å². The first-order chi connectivity index (χ1) is 14.6. The first-order valence-corrected chi connectivity index (χ1v) is 12.9. The van der Waals surface area contributed by atoms with Gasteiger partial charge in [-0.05, 0) is 61.7 Å². The van der Waals surface area contributed by atoms with Crippen LogP contribution in [0.1, 0.15) is 18.4 Å². The van der Waals surface area contributed by atoms with Crippen molar-refractivity contribution in [2.24, 2.45) is 0 Å². The highest BCUT2D eigenvalue weighted by Crippen LogP contribution is 2.26. The van der Waals surface area contributed by atoms with Gasteiger partial charge in [0.2, 0.25) is 15.9 Å². The van der Waals surface area contributed by atoms with Crippen LogP contribution in [-0.4, -0.2) is 59.6 Å². The van der Waals surface area contributed by atoms with E-state index in [0.717, 1.165) is 5.56 Å².